The number of carbonyl (C=O) groups is 1. The Kier molecular flexibility index (Phi) is 5.90. The second-order valence-electron chi connectivity index (χ2n) is 8.52. The Morgan fingerprint density at radius 1 is 1.24 bits per heavy atom. The van der Waals surface area contributed by atoms with Gasteiger partial charge in [0.1, 0.15) is 5.76 Å². The summed E-state index contributed by atoms with van der Waals surface area (Å²) >= 11 is 0. The minimum atomic E-state index is -0.0466. The molecule has 4 rings (SSSR count). The summed E-state index contributed by atoms with van der Waals surface area (Å²) < 4.78 is 5.32. The lowest BCUT2D eigenvalue weighted by molar-refractivity contribution is 0.0624. The van der Waals surface area contributed by atoms with Gasteiger partial charge in [-0.05, 0) is 44.7 Å². The highest BCUT2D eigenvalue weighted by atomic mass is 16.5. The molecule has 0 radical (unpaired) electrons. The van der Waals surface area contributed by atoms with Gasteiger partial charge < -0.3 is 14.7 Å². The van der Waals surface area contributed by atoms with E-state index < -0.39 is 0 Å². The van der Waals surface area contributed by atoms with Gasteiger partial charge in [-0.15, -0.1) is 0 Å². The summed E-state index contributed by atoms with van der Waals surface area (Å²) in [7, 11) is 0. The summed E-state index contributed by atoms with van der Waals surface area (Å²) in [5.74, 6) is 0.702. The van der Waals surface area contributed by atoms with Crippen LogP contribution in [0.5, 0.6) is 0 Å². The summed E-state index contributed by atoms with van der Waals surface area (Å²) in [6, 6.07) is 11.5. The largest absolute Gasteiger partial charge is 0.385 e. The molecule has 6 nitrogen and oxygen atoms in total. The standard InChI is InChI=1S/C23H32N4O2/c1-4-20-13-22(25-29-20)23(28)26-14-17-7-5-6-8-21(17)24-12-11-18-9-10-19(15-26)27(18)16(2)3/h5-8,13,16,18-19,24H,4,9-12,14-15H2,1-3H3/t18-,19+/m1/s1. The van der Waals surface area contributed by atoms with E-state index in [0.29, 0.717) is 30.4 Å². The number of amides is 1. The summed E-state index contributed by atoms with van der Waals surface area (Å²) in [4.78, 5) is 18.0. The molecule has 2 atom stereocenters. The van der Waals surface area contributed by atoms with E-state index in [1.807, 2.05) is 17.9 Å². The van der Waals surface area contributed by atoms with Crippen LogP contribution in [0.15, 0.2) is 34.9 Å². The van der Waals surface area contributed by atoms with E-state index in [2.05, 4.69) is 47.4 Å². The second kappa shape index (κ2) is 8.57. The van der Waals surface area contributed by atoms with Crippen molar-refractivity contribution < 1.29 is 9.32 Å². The van der Waals surface area contributed by atoms with Crippen LogP contribution in [-0.4, -0.2) is 52.1 Å². The molecular formula is C23H32N4O2. The Morgan fingerprint density at radius 2 is 2.03 bits per heavy atom. The van der Waals surface area contributed by atoms with Gasteiger partial charge in [0, 0.05) is 55.9 Å². The highest BCUT2D eigenvalue weighted by Gasteiger charge is 2.37. The van der Waals surface area contributed by atoms with Gasteiger partial charge in [0.05, 0.1) is 0 Å². The van der Waals surface area contributed by atoms with Crippen molar-refractivity contribution in [3.05, 3.63) is 47.3 Å². The molecule has 0 aliphatic carbocycles. The van der Waals surface area contributed by atoms with Crippen molar-refractivity contribution in [3.63, 3.8) is 0 Å². The Morgan fingerprint density at radius 3 is 2.79 bits per heavy atom. The molecule has 0 spiro atoms. The fourth-order valence-corrected chi connectivity index (χ4v) is 4.93. The first kappa shape index (κ1) is 20.0. The zero-order valence-electron chi connectivity index (χ0n) is 17.7. The van der Waals surface area contributed by atoms with Gasteiger partial charge in [-0.25, -0.2) is 0 Å². The first-order valence-electron chi connectivity index (χ1n) is 10.9. The fourth-order valence-electron chi connectivity index (χ4n) is 4.93. The number of benzene rings is 1. The maximum absolute atomic E-state index is 13.4. The zero-order chi connectivity index (χ0) is 20.4. The molecule has 2 aromatic rings. The Labute approximate surface area is 173 Å². The number of fused-ring (bicyclic) bond motifs is 3. The smallest absolute Gasteiger partial charge is 0.276 e. The lowest BCUT2D eigenvalue weighted by atomic mass is 10.1. The van der Waals surface area contributed by atoms with E-state index in [9.17, 15) is 4.79 Å². The number of hydrogen-bond acceptors (Lipinski definition) is 5. The van der Waals surface area contributed by atoms with Crippen LogP contribution in [0.1, 0.15) is 61.8 Å². The minimum Gasteiger partial charge on any atom is -0.385 e. The maximum atomic E-state index is 13.4. The summed E-state index contributed by atoms with van der Waals surface area (Å²) in [6.07, 6.45) is 4.18. The predicted octanol–water partition coefficient (Wildman–Crippen LogP) is 3.94. The van der Waals surface area contributed by atoms with E-state index in [1.165, 1.54) is 6.42 Å². The van der Waals surface area contributed by atoms with Crippen LogP contribution in [0.2, 0.25) is 0 Å². The molecule has 1 aromatic heterocycles. The number of rotatable bonds is 3. The monoisotopic (exact) mass is 396 g/mol. The average molecular weight is 397 g/mol. The van der Waals surface area contributed by atoms with Gasteiger partial charge in [0.2, 0.25) is 0 Å². The molecule has 6 heteroatoms. The topological polar surface area (TPSA) is 61.6 Å². The van der Waals surface area contributed by atoms with Crippen LogP contribution in [0.4, 0.5) is 5.69 Å². The van der Waals surface area contributed by atoms with E-state index in [-0.39, 0.29) is 5.91 Å². The molecule has 2 bridgehead atoms. The van der Waals surface area contributed by atoms with Crippen LogP contribution < -0.4 is 5.32 Å². The van der Waals surface area contributed by atoms with Gasteiger partial charge in [-0.1, -0.05) is 30.3 Å². The Bertz CT molecular complexity index is 847. The molecule has 1 N–H and O–H groups in total. The number of aryl methyl sites for hydroxylation is 1. The molecule has 2 aliphatic rings. The molecule has 0 saturated carbocycles. The Hall–Kier alpha value is -2.34. The number of nitrogens with zero attached hydrogens (tertiary/aromatic N) is 3. The predicted molar refractivity (Wildman–Crippen MR) is 114 cm³/mol. The average Bonchev–Trinajstić information content (AvgIpc) is 3.34. The molecule has 0 unspecified atom stereocenters. The lowest BCUT2D eigenvalue weighted by Gasteiger charge is -2.36. The number of carbonyl (C=O) groups excluding carboxylic acids is 1. The number of hydrogen-bond donors (Lipinski definition) is 1. The number of aromatic nitrogens is 1. The van der Waals surface area contributed by atoms with Crippen LogP contribution in [-0.2, 0) is 13.0 Å². The zero-order valence-corrected chi connectivity index (χ0v) is 17.7. The van der Waals surface area contributed by atoms with Crippen molar-refractivity contribution in [1.82, 2.24) is 15.0 Å². The first-order valence-corrected chi connectivity index (χ1v) is 10.9. The normalized spacial score (nSPS) is 22.8. The van der Waals surface area contributed by atoms with Gasteiger partial charge in [-0.2, -0.15) is 0 Å². The van der Waals surface area contributed by atoms with E-state index in [0.717, 1.165) is 49.4 Å². The summed E-state index contributed by atoms with van der Waals surface area (Å²) in [5.41, 5.74) is 2.68. The lowest BCUT2D eigenvalue weighted by Crippen LogP contribution is -2.48. The maximum Gasteiger partial charge on any atom is 0.276 e. The van der Waals surface area contributed by atoms with Crippen LogP contribution in [0.25, 0.3) is 0 Å². The molecule has 1 aromatic carbocycles. The summed E-state index contributed by atoms with van der Waals surface area (Å²) in [5, 5.41) is 7.67. The third kappa shape index (κ3) is 4.17. The van der Waals surface area contributed by atoms with E-state index >= 15 is 0 Å². The van der Waals surface area contributed by atoms with Crippen LogP contribution >= 0.6 is 0 Å². The molecule has 1 fully saturated rings. The highest BCUT2D eigenvalue weighted by Crippen LogP contribution is 2.31. The van der Waals surface area contributed by atoms with Crippen molar-refractivity contribution in [3.8, 4) is 0 Å². The van der Waals surface area contributed by atoms with Crippen LogP contribution in [0.3, 0.4) is 0 Å². The first-order chi connectivity index (χ1) is 14.1. The number of para-hydroxylation sites is 1. The third-order valence-electron chi connectivity index (χ3n) is 6.29. The van der Waals surface area contributed by atoms with Gasteiger partial charge in [-0.3, -0.25) is 9.69 Å². The van der Waals surface area contributed by atoms with Crippen molar-refractivity contribution in [1.29, 1.82) is 0 Å². The van der Waals surface area contributed by atoms with Gasteiger partial charge in [0.15, 0.2) is 5.69 Å². The molecule has 29 heavy (non-hydrogen) atoms. The number of nitrogens with one attached hydrogen (secondary N) is 1. The Balaban J connectivity index is 1.67. The van der Waals surface area contributed by atoms with Crippen molar-refractivity contribution in [2.24, 2.45) is 0 Å². The third-order valence-corrected chi connectivity index (χ3v) is 6.29. The fraction of sp³-hybridized carbons (Fsp3) is 0.565. The van der Waals surface area contributed by atoms with Crippen molar-refractivity contribution in [2.75, 3.05) is 18.4 Å². The van der Waals surface area contributed by atoms with E-state index in [1.54, 1.807) is 6.07 Å². The number of anilines is 1. The second-order valence-corrected chi connectivity index (χ2v) is 8.52. The van der Waals surface area contributed by atoms with Crippen molar-refractivity contribution >= 4 is 11.6 Å². The quantitative estimate of drug-likeness (QED) is 0.852. The highest BCUT2D eigenvalue weighted by molar-refractivity contribution is 5.92. The molecule has 3 heterocycles. The van der Waals surface area contributed by atoms with Crippen LogP contribution in [0, 0.1) is 0 Å². The van der Waals surface area contributed by atoms with Gasteiger partial charge in [0.25, 0.3) is 5.91 Å². The molecular weight excluding hydrogens is 364 g/mol. The molecule has 156 valence electrons. The van der Waals surface area contributed by atoms with Gasteiger partial charge >= 0.3 is 0 Å². The summed E-state index contributed by atoms with van der Waals surface area (Å²) in [6.45, 7) is 8.78. The van der Waals surface area contributed by atoms with E-state index in [4.69, 9.17) is 4.52 Å². The molecule has 2 aliphatic heterocycles. The molecule has 1 amide bonds. The van der Waals surface area contributed by atoms with Crippen molar-refractivity contribution in [2.45, 2.75) is 71.1 Å². The minimum absolute atomic E-state index is 0.0466. The molecule has 1 saturated heterocycles. The SMILES string of the molecule is CCc1cc(C(=O)N2Cc3ccccc3NCC[C@H]3CC[C@@H](C2)N3C(C)C)no1.